The van der Waals surface area contributed by atoms with Gasteiger partial charge in [0.15, 0.2) is 0 Å². The van der Waals surface area contributed by atoms with Crippen molar-refractivity contribution in [2.45, 2.75) is 4.90 Å². The number of aromatic nitrogens is 1. The third kappa shape index (κ3) is 2.62. The van der Waals surface area contributed by atoms with Gasteiger partial charge in [0.05, 0.1) is 16.1 Å². The monoisotopic (exact) mass is 351 g/mol. The van der Waals surface area contributed by atoms with E-state index in [9.17, 15) is 12.8 Å². The molecule has 0 aliphatic carbocycles. The minimum Gasteiger partial charge on any atom is -0.233 e. The molecule has 0 saturated carbocycles. The van der Waals surface area contributed by atoms with Gasteiger partial charge in [0, 0.05) is 5.39 Å². The summed E-state index contributed by atoms with van der Waals surface area (Å²) in [4.78, 5) is 0.189. The summed E-state index contributed by atoms with van der Waals surface area (Å²) in [7, 11) is -3.82. The summed E-state index contributed by atoms with van der Waals surface area (Å²) < 4.78 is 41.4. The highest BCUT2D eigenvalue weighted by molar-refractivity contribution is 7.90. The molecule has 0 amide bonds. The maximum atomic E-state index is 13.6. The van der Waals surface area contributed by atoms with Gasteiger partial charge < -0.3 is 0 Å². The van der Waals surface area contributed by atoms with E-state index in [0.29, 0.717) is 16.6 Å². The Kier molecular flexibility index (Phi) is 3.66. The zero-order valence-electron chi connectivity index (χ0n) is 13.1. The van der Waals surface area contributed by atoms with E-state index in [2.05, 4.69) is 0 Å². The number of fused-ring (bicyclic) bond motifs is 1. The van der Waals surface area contributed by atoms with Crippen LogP contribution in [-0.2, 0) is 10.0 Å². The van der Waals surface area contributed by atoms with Crippen LogP contribution in [0.2, 0.25) is 0 Å². The third-order valence-corrected chi connectivity index (χ3v) is 5.81. The van der Waals surface area contributed by atoms with Crippen LogP contribution in [0.15, 0.2) is 89.8 Å². The Morgan fingerprint density at radius 1 is 0.760 bits per heavy atom. The van der Waals surface area contributed by atoms with Crippen molar-refractivity contribution in [1.29, 1.82) is 0 Å². The summed E-state index contributed by atoms with van der Waals surface area (Å²) in [6.45, 7) is 0. The summed E-state index contributed by atoms with van der Waals surface area (Å²) in [5.74, 6) is -0.402. The van der Waals surface area contributed by atoms with Gasteiger partial charge in [-0.2, -0.15) is 0 Å². The van der Waals surface area contributed by atoms with E-state index >= 15 is 0 Å². The SMILES string of the molecule is O=S(=O)(c1ccccc1)n1c(-c2ccccc2)cc2cc(F)ccc21. The van der Waals surface area contributed by atoms with Crippen LogP contribution in [-0.4, -0.2) is 12.4 Å². The second-order valence-electron chi connectivity index (χ2n) is 5.68. The first-order chi connectivity index (χ1) is 12.1. The molecule has 0 atom stereocenters. The lowest BCUT2D eigenvalue weighted by Crippen LogP contribution is -2.14. The molecule has 0 aliphatic heterocycles. The zero-order chi connectivity index (χ0) is 17.4. The fraction of sp³-hybridized carbons (Fsp3) is 0. The molecule has 0 radical (unpaired) electrons. The van der Waals surface area contributed by atoms with E-state index in [1.54, 1.807) is 36.4 Å². The van der Waals surface area contributed by atoms with Crippen LogP contribution >= 0.6 is 0 Å². The molecule has 124 valence electrons. The highest BCUT2D eigenvalue weighted by atomic mass is 32.2. The number of hydrogen-bond donors (Lipinski definition) is 0. The topological polar surface area (TPSA) is 39.1 Å². The molecular weight excluding hydrogens is 337 g/mol. The molecule has 0 N–H and O–H groups in total. The standard InChI is InChI=1S/C20H14FNO2S/c21-17-11-12-19-16(13-17)14-20(15-7-3-1-4-8-15)22(19)25(23,24)18-9-5-2-6-10-18/h1-14H. The first kappa shape index (κ1) is 15.6. The van der Waals surface area contributed by atoms with E-state index in [1.807, 2.05) is 30.3 Å². The summed E-state index contributed by atoms with van der Waals surface area (Å²) >= 11 is 0. The summed E-state index contributed by atoms with van der Waals surface area (Å²) in [6, 6.07) is 23.3. The molecular formula is C20H14FNO2S. The van der Waals surface area contributed by atoms with E-state index in [4.69, 9.17) is 0 Å². The van der Waals surface area contributed by atoms with Crippen LogP contribution in [0, 0.1) is 5.82 Å². The molecule has 0 aliphatic rings. The normalized spacial score (nSPS) is 11.7. The van der Waals surface area contributed by atoms with Gasteiger partial charge in [-0.15, -0.1) is 0 Å². The van der Waals surface area contributed by atoms with Gasteiger partial charge in [0.2, 0.25) is 0 Å². The Morgan fingerprint density at radius 3 is 2.08 bits per heavy atom. The molecule has 4 rings (SSSR count). The van der Waals surface area contributed by atoms with E-state index in [-0.39, 0.29) is 4.90 Å². The van der Waals surface area contributed by atoms with Gasteiger partial charge in [-0.25, -0.2) is 16.8 Å². The van der Waals surface area contributed by atoms with Crippen molar-refractivity contribution in [3.8, 4) is 11.3 Å². The first-order valence-electron chi connectivity index (χ1n) is 7.74. The molecule has 0 fully saturated rings. The van der Waals surface area contributed by atoms with Gasteiger partial charge in [0.25, 0.3) is 10.0 Å². The number of benzene rings is 3. The maximum Gasteiger partial charge on any atom is 0.268 e. The summed E-state index contributed by atoms with van der Waals surface area (Å²) in [5.41, 5.74) is 1.70. The summed E-state index contributed by atoms with van der Waals surface area (Å²) in [5, 5.41) is 0.540. The van der Waals surface area contributed by atoms with Gasteiger partial charge in [-0.05, 0) is 42.0 Å². The van der Waals surface area contributed by atoms with E-state index < -0.39 is 15.8 Å². The predicted molar refractivity (Wildman–Crippen MR) is 96.4 cm³/mol. The average molecular weight is 351 g/mol. The Morgan fingerprint density at radius 2 is 1.40 bits per heavy atom. The van der Waals surface area contributed by atoms with Gasteiger partial charge in [-0.3, -0.25) is 0 Å². The third-order valence-electron chi connectivity index (χ3n) is 4.07. The lowest BCUT2D eigenvalue weighted by molar-refractivity contribution is 0.589. The lowest BCUT2D eigenvalue weighted by Gasteiger charge is -2.12. The second kappa shape index (κ2) is 5.86. The van der Waals surface area contributed by atoms with Crippen molar-refractivity contribution in [2.75, 3.05) is 0 Å². The fourth-order valence-corrected chi connectivity index (χ4v) is 4.48. The average Bonchev–Trinajstić information content (AvgIpc) is 3.02. The molecule has 3 nitrogen and oxygen atoms in total. The van der Waals surface area contributed by atoms with Crippen molar-refractivity contribution < 1.29 is 12.8 Å². The molecule has 0 bridgehead atoms. The fourth-order valence-electron chi connectivity index (χ4n) is 2.93. The highest BCUT2D eigenvalue weighted by Crippen LogP contribution is 2.32. The molecule has 0 spiro atoms. The minimum absolute atomic E-state index is 0.189. The Labute approximate surface area is 145 Å². The van der Waals surface area contributed by atoms with Crippen LogP contribution in [0.25, 0.3) is 22.2 Å². The Hall–Kier alpha value is -2.92. The molecule has 4 aromatic rings. The molecule has 0 unspecified atom stereocenters. The minimum atomic E-state index is -3.82. The van der Waals surface area contributed by atoms with Crippen molar-refractivity contribution in [3.05, 3.63) is 90.7 Å². The molecule has 1 aromatic heterocycles. The van der Waals surface area contributed by atoms with Crippen molar-refractivity contribution in [1.82, 2.24) is 3.97 Å². The Bertz CT molecular complexity index is 1150. The van der Waals surface area contributed by atoms with Crippen LogP contribution in [0.4, 0.5) is 4.39 Å². The number of hydrogen-bond acceptors (Lipinski definition) is 2. The van der Waals surface area contributed by atoms with E-state index in [1.165, 1.54) is 22.2 Å². The molecule has 0 saturated heterocycles. The smallest absolute Gasteiger partial charge is 0.233 e. The predicted octanol–water partition coefficient (Wildman–Crippen LogP) is 4.68. The number of rotatable bonds is 3. The molecule has 1 heterocycles. The highest BCUT2D eigenvalue weighted by Gasteiger charge is 2.23. The largest absolute Gasteiger partial charge is 0.268 e. The molecule has 5 heteroatoms. The second-order valence-corrected chi connectivity index (χ2v) is 7.47. The van der Waals surface area contributed by atoms with E-state index in [0.717, 1.165) is 5.56 Å². The van der Waals surface area contributed by atoms with Gasteiger partial charge in [0.1, 0.15) is 5.82 Å². The van der Waals surface area contributed by atoms with Crippen molar-refractivity contribution >= 4 is 20.9 Å². The van der Waals surface area contributed by atoms with Gasteiger partial charge >= 0.3 is 0 Å². The van der Waals surface area contributed by atoms with Crippen molar-refractivity contribution in [3.63, 3.8) is 0 Å². The molecule has 3 aromatic carbocycles. The van der Waals surface area contributed by atoms with Crippen molar-refractivity contribution in [2.24, 2.45) is 0 Å². The number of nitrogens with zero attached hydrogens (tertiary/aromatic N) is 1. The number of halogens is 1. The van der Waals surface area contributed by atoms with Gasteiger partial charge in [-0.1, -0.05) is 48.5 Å². The first-order valence-corrected chi connectivity index (χ1v) is 9.18. The maximum absolute atomic E-state index is 13.6. The Balaban J connectivity index is 2.08. The van der Waals surface area contributed by atoms with Crippen LogP contribution in [0.5, 0.6) is 0 Å². The summed E-state index contributed by atoms with van der Waals surface area (Å²) in [6.07, 6.45) is 0. The quantitative estimate of drug-likeness (QED) is 0.537. The van der Waals surface area contributed by atoms with Crippen LogP contribution in [0.3, 0.4) is 0 Å². The zero-order valence-corrected chi connectivity index (χ0v) is 13.9. The molecule has 25 heavy (non-hydrogen) atoms. The lowest BCUT2D eigenvalue weighted by atomic mass is 10.1. The van der Waals surface area contributed by atoms with Crippen LogP contribution < -0.4 is 0 Å². The van der Waals surface area contributed by atoms with Crippen LogP contribution in [0.1, 0.15) is 0 Å².